The van der Waals surface area contributed by atoms with Gasteiger partial charge in [0.2, 0.25) is 0 Å². The molecule has 148 valence electrons. The number of benzene rings is 1. The first-order valence-electron chi connectivity index (χ1n) is 9.92. The van der Waals surface area contributed by atoms with Crippen molar-refractivity contribution in [2.75, 3.05) is 6.61 Å². The molecule has 1 saturated carbocycles. The smallest absolute Gasteiger partial charge is 0.338 e. The second-order valence-corrected chi connectivity index (χ2v) is 7.03. The number of hydrogen-bond acceptors (Lipinski definition) is 4. The van der Waals surface area contributed by atoms with Crippen LogP contribution in [0.25, 0.3) is 6.08 Å². The van der Waals surface area contributed by atoms with E-state index < -0.39 is 5.97 Å². The topological polar surface area (TPSA) is 72.8 Å². The van der Waals surface area contributed by atoms with Crippen LogP contribution in [0, 0.1) is 0 Å². The van der Waals surface area contributed by atoms with Crippen molar-refractivity contribution in [1.29, 1.82) is 0 Å². The molecule has 0 aliphatic heterocycles. The van der Waals surface area contributed by atoms with Crippen molar-refractivity contribution < 1.29 is 24.2 Å². The van der Waals surface area contributed by atoms with Crippen LogP contribution in [0.15, 0.2) is 30.3 Å². The molecule has 0 radical (unpaired) electrons. The molecule has 1 aliphatic rings. The fourth-order valence-corrected chi connectivity index (χ4v) is 3.21. The van der Waals surface area contributed by atoms with Gasteiger partial charge in [0.1, 0.15) is 6.10 Å². The summed E-state index contributed by atoms with van der Waals surface area (Å²) in [4.78, 5) is 22.8. The normalized spacial score (nSPS) is 19.9. The molecule has 1 aromatic rings. The molecule has 1 aliphatic carbocycles. The summed E-state index contributed by atoms with van der Waals surface area (Å²) in [6.45, 7) is 3.03. The van der Waals surface area contributed by atoms with E-state index in [9.17, 15) is 9.59 Å². The van der Waals surface area contributed by atoms with Crippen LogP contribution in [-0.4, -0.2) is 35.9 Å². The quantitative estimate of drug-likeness (QED) is 0.360. The number of esters is 1. The highest BCUT2D eigenvalue weighted by atomic mass is 16.5. The summed E-state index contributed by atoms with van der Waals surface area (Å²) < 4.78 is 11.5. The van der Waals surface area contributed by atoms with E-state index in [4.69, 9.17) is 14.6 Å². The standard InChI is InChI=1S/C22H30O5/c1-2-3-4-5-16-26-19-11-13-20(14-12-19)27-22(25)18-9-6-17(7-10-18)8-15-21(23)24/h6-10,15,19-20H,2-5,11-14,16H2,1H3,(H,23,24). The first-order valence-corrected chi connectivity index (χ1v) is 9.92. The maximum Gasteiger partial charge on any atom is 0.338 e. The highest BCUT2D eigenvalue weighted by Gasteiger charge is 2.24. The van der Waals surface area contributed by atoms with Gasteiger partial charge in [-0.1, -0.05) is 38.3 Å². The maximum absolute atomic E-state index is 12.3. The number of carbonyl (C=O) groups excluding carboxylic acids is 1. The fraction of sp³-hybridized carbons (Fsp3) is 0.545. The molecule has 1 N–H and O–H groups in total. The SMILES string of the molecule is CCCCCCOC1CCC(OC(=O)c2ccc(C=CC(=O)O)cc2)CC1. The van der Waals surface area contributed by atoms with E-state index in [0.717, 1.165) is 50.4 Å². The van der Waals surface area contributed by atoms with Gasteiger partial charge in [-0.15, -0.1) is 0 Å². The number of hydrogen-bond donors (Lipinski definition) is 1. The Kier molecular flexibility index (Phi) is 9.05. The van der Waals surface area contributed by atoms with Gasteiger partial charge in [0.05, 0.1) is 11.7 Å². The number of carboxylic acid groups (broad SMARTS) is 1. The van der Waals surface area contributed by atoms with Gasteiger partial charge in [-0.3, -0.25) is 0 Å². The Labute approximate surface area is 161 Å². The molecule has 0 aromatic heterocycles. The lowest BCUT2D eigenvalue weighted by Crippen LogP contribution is -2.28. The fourth-order valence-electron chi connectivity index (χ4n) is 3.21. The molecule has 1 aromatic carbocycles. The summed E-state index contributed by atoms with van der Waals surface area (Å²) in [5.41, 5.74) is 1.21. The van der Waals surface area contributed by atoms with E-state index in [1.54, 1.807) is 24.3 Å². The third-order valence-corrected chi connectivity index (χ3v) is 4.81. The van der Waals surface area contributed by atoms with Crippen LogP contribution in [0.2, 0.25) is 0 Å². The van der Waals surface area contributed by atoms with Gasteiger partial charge in [-0.25, -0.2) is 9.59 Å². The predicted molar refractivity (Wildman–Crippen MR) is 105 cm³/mol. The molecule has 1 fully saturated rings. The Morgan fingerprint density at radius 1 is 1.04 bits per heavy atom. The molecule has 27 heavy (non-hydrogen) atoms. The lowest BCUT2D eigenvalue weighted by molar-refractivity contribution is -0.131. The van der Waals surface area contributed by atoms with Crippen LogP contribution in [0.3, 0.4) is 0 Å². The van der Waals surface area contributed by atoms with E-state index in [0.29, 0.717) is 11.7 Å². The Morgan fingerprint density at radius 2 is 1.70 bits per heavy atom. The summed E-state index contributed by atoms with van der Waals surface area (Å²) in [7, 11) is 0. The molecule has 5 heteroatoms. The number of ether oxygens (including phenoxy) is 2. The molecule has 0 saturated heterocycles. The molecule has 0 unspecified atom stereocenters. The van der Waals surface area contributed by atoms with Gasteiger partial charge in [0, 0.05) is 12.7 Å². The zero-order chi connectivity index (χ0) is 19.5. The third kappa shape index (κ3) is 7.95. The Hall–Kier alpha value is -2.14. The number of rotatable bonds is 10. The second-order valence-electron chi connectivity index (χ2n) is 7.03. The van der Waals surface area contributed by atoms with Gasteiger partial charge < -0.3 is 14.6 Å². The average Bonchev–Trinajstić information content (AvgIpc) is 2.68. The Balaban J connectivity index is 1.70. The van der Waals surface area contributed by atoms with Crippen molar-refractivity contribution in [3.05, 3.63) is 41.5 Å². The minimum Gasteiger partial charge on any atom is -0.478 e. The van der Waals surface area contributed by atoms with Gasteiger partial charge in [0.15, 0.2) is 0 Å². The molecular weight excluding hydrogens is 344 g/mol. The number of carbonyl (C=O) groups is 2. The molecule has 5 nitrogen and oxygen atoms in total. The largest absolute Gasteiger partial charge is 0.478 e. The van der Waals surface area contributed by atoms with Crippen LogP contribution in [-0.2, 0) is 14.3 Å². The maximum atomic E-state index is 12.3. The minimum atomic E-state index is -1.00. The molecule has 2 rings (SSSR count). The van der Waals surface area contributed by atoms with Crippen molar-refractivity contribution in [2.24, 2.45) is 0 Å². The first-order chi connectivity index (χ1) is 13.1. The van der Waals surface area contributed by atoms with Crippen LogP contribution in [0.1, 0.15) is 74.2 Å². The first kappa shape index (κ1) is 21.2. The zero-order valence-electron chi connectivity index (χ0n) is 16.1. The van der Waals surface area contributed by atoms with E-state index >= 15 is 0 Å². The van der Waals surface area contributed by atoms with Gasteiger partial charge in [0.25, 0.3) is 0 Å². The summed E-state index contributed by atoms with van der Waals surface area (Å²) in [6, 6.07) is 6.74. The van der Waals surface area contributed by atoms with Gasteiger partial charge in [-0.05, 0) is 55.9 Å². The third-order valence-electron chi connectivity index (χ3n) is 4.81. The van der Waals surface area contributed by atoms with Crippen LogP contribution >= 0.6 is 0 Å². The van der Waals surface area contributed by atoms with Gasteiger partial charge in [-0.2, -0.15) is 0 Å². The lowest BCUT2D eigenvalue weighted by atomic mass is 9.95. The van der Waals surface area contributed by atoms with Crippen molar-refractivity contribution in [3.8, 4) is 0 Å². The van der Waals surface area contributed by atoms with E-state index in [2.05, 4.69) is 6.92 Å². The average molecular weight is 374 g/mol. The van der Waals surface area contributed by atoms with Crippen LogP contribution in [0.5, 0.6) is 0 Å². The molecule has 0 bridgehead atoms. The number of aliphatic carboxylic acids is 1. The van der Waals surface area contributed by atoms with E-state index in [1.165, 1.54) is 25.3 Å². The summed E-state index contributed by atoms with van der Waals surface area (Å²) in [5, 5.41) is 8.63. The zero-order valence-corrected chi connectivity index (χ0v) is 16.1. The highest BCUT2D eigenvalue weighted by Crippen LogP contribution is 2.24. The van der Waals surface area contributed by atoms with Crippen molar-refractivity contribution in [2.45, 2.75) is 70.5 Å². The second kappa shape index (κ2) is 11.5. The van der Waals surface area contributed by atoms with Gasteiger partial charge >= 0.3 is 11.9 Å². The molecular formula is C22H30O5. The Morgan fingerprint density at radius 3 is 2.33 bits per heavy atom. The Bertz CT molecular complexity index is 612. The van der Waals surface area contributed by atoms with Crippen molar-refractivity contribution >= 4 is 18.0 Å². The molecule has 0 spiro atoms. The monoisotopic (exact) mass is 374 g/mol. The molecule has 0 amide bonds. The summed E-state index contributed by atoms with van der Waals surface area (Å²) in [6.07, 6.45) is 11.2. The highest BCUT2D eigenvalue weighted by molar-refractivity contribution is 5.90. The van der Waals surface area contributed by atoms with E-state index in [-0.39, 0.29) is 12.1 Å². The lowest BCUT2D eigenvalue weighted by Gasteiger charge is -2.28. The van der Waals surface area contributed by atoms with Crippen LogP contribution < -0.4 is 0 Å². The van der Waals surface area contributed by atoms with Crippen molar-refractivity contribution in [3.63, 3.8) is 0 Å². The predicted octanol–water partition coefficient (Wildman–Crippen LogP) is 4.85. The molecule has 0 atom stereocenters. The summed E-state index contributed by atoms with van der Waals surface area (Å²) >= 11 is 0. The molecule has 0 heterocycles. The van der Waals surface area contributed by atoms with E-state index in [1.807, 2.05) is 0 Å². The number of carboxylic acids is 1. The van der Waals surface area contributed by atoms with Crippen LogP contribution in [0.4, 0.5) is 0 Å². The number of unbranched alkanes of at least 4 members (excludes halogenated alkanes) is 3. The summed E-state index contributed by atoms with van der Waals surface area (Å²) in [5.74, 6) is -1.33. The minimum absolute atomic E-state index is 0.0518. The van der Waals surface area contributed by atoms with Crippen molar-refractivity contribution in [1.82, 2.24) is 0 Å².